The Morgan fingerprint density at radius 2 is 1.68 bits per heavy atom. The largest absolute Gasteiger partial charge is 0.463 e. The quantitative estimate of drug-likeness (QED) is 0.586. The van der Waals surface area contributed by atoms with Crippen LogP contribution in [0.4, 0.5) is 0 Å². The lowest BCUT2D eigenvalue weighted by Gasteiger charge is -2.28. The van der Waals surface area contributed by atoms with Crippen LogP contribution in [-0.4, -0.2) is 47.0 Å². The zero-order chi connectivity index (χ0) is 20.5. The van der Waals surface area contributed by atoms with Crippen LogP contribution in [0.15, 0.2) is 36.4 Å². The molecule has 1 heterocycles. The molecule has 0 saturated carbocycles. The normalized spacial score (nSPS) is 15.1. The van der Waals surface area contributed by atoms with Crippen molar-refractivity contribution < 1.29 is 24.2 Å². The van der Waals surface area contributed by atoms with Gasteiger partial charge >= 0.3 is 5.97 Å². The minimum Gasteiger partial charge on any atom is -0.463 e. The van der Waals surface area contributed by atoms with Gasteiger partial charge in [-0.1, -0.05) is 31.2 Å². The van der Waals surface area contributed by atoms with Crippen molar-refractivity contribution in [3.8, 4) is 0 Å². The summed E-state index contributed by atoms with van der Waals surface area (Å²) in [4.78, 5) is 38.8. The van der Waals surface area contributed by atoms with Gasteiger partial charge in [0.05, 0.1) is 11.5 Å². The second kappa shape index (κ2) is 7.72. The summed E-state index contributed by atoms with van der Waals surface area (Å²) in [6, 6.07) is 10.7. The summed E-state index contributed by atoms with van der Waals surface area (Å²) >= 11 is 0. The minimum atomic E-state index is -0.954. The van der Waals surface area contributed by atoms with Gasteiger partial charge in [-0.25, -0.2) is 0 Å². The van der Waals surface area contributed by atoms with Crippen molar-refractivity contribution in [2.75, 3.05) is 13.2 Å². The van der Waals surface area contributed by atoms with E-state index in [1.807, 2.05) is 19.1 Å². The van der Waals surface area contributed by atoms with Crippen LogP contribution in [0, 0.1) is 5.41 Å². The monoisotopic (exact) mass is 383 g/mol. The summed E-state index contributed by atoms with van der Waals surface area (Å²) in [5.41, 5.74) is 0.359. The van der Waals surface area contributed by atoms with Crippen LogP contribution in [-0.2, 0) is 9.53 Å². The number of esters is 1. The first-order chi connectivity index (χ1) is 13.3. The lowest BCUT2D eigenvalue weighted by atomic mass is 9.91. The van der Waals surface area contributed by atoms with Crippen LogP contribution in [0.3, 0.4) is 0 Å². The predicted molar refractivity (Wildman–Crippen MR) is 105 cm³/mol. The fourth-order valence-electron chi connectivity index (χ4n) is 3.16. The molecule has 0 aliphatic carbocycles. The Hall–Kier alpha value is -2.73. The average Bonchev–Trinajstić information content (AvgIpc) is 2.69. The van der Waals surface area contributed by atoms with Gasteiger partial charge in [0.1, 0.15) is 6.61 Å². The number of benzene rings is 2. The fraction of sp³-hybridized carbons (Fsp3) is 0.409. The standard InChI is InChI=1S/C22H25NO5/c1-4-22(2,3)21(27)28-13-15(24)11-12-23-19(25)16-9-5-7-14-8-6-10-17(18(14)16)20(23)26/h5-10,15,24H,4,11-13H2,1-3H3. The maximum Gasteiger partial charge on any atom is 0.311 e. The molecule has 2 aromatic rings. The molecule has 0 bridgehead atoms. The molecule has 0 radical (unpaired) electrons. The third-order valence-corrected chi connectivity index (χ3v) is 5.39. The molecule has 1 N–H and O–H groups in total. The molecule has 0 saturated heterocycles. The maximum absolute atomic E-state index is 12.8. The molecular formula is C22H25NO5. The summed E-state index contributed by atoms with van der Waals surface area (Å²) in [7, 11) is 0. The van der Waals surface area contributed by atoms with Crippen molar-refractivity contribution in [1.29, 1.82) is 0 Å². The molecule has 1 atom stereocenters. The fourth-order valence-corrected chi connectivity index (χ4v) is 3.16. The van der Waals surface area contributed by atoms with Crippen molar-refractivity contribution in [2.45, 2.75) is 39.7 Å². The Bertz CT molecular complexity index is 883. The van der Waals surface area contributed by atoms with Crippen LogP contribution in [0.2, 0.25) is 0 Å². The lowest BCUT2D eigenvalue weighted by Crippen LogP contribution is -2.42. The number of carbonyl (C=O) groups is 3. The number of aliphatic hydroxyl groups excluding tert-OH is 1. The van der Waals surface area contributed by atoms with Gasteiger partial charge in [0.2, 0.25) is 0 Å². The maximum atomic E-state index is 12.8. The van der Waals surface area contributed by atoms with Gasteiger partial charge in [0.15, 0.2) is 0 Å². The van der Waals surface area contributed by atoms with Crippen LogP contribution < -0.4 is 0 Å². The molecule has 1 unspecified atom stereocenters. The van der Waals surface area contributed by atoms with E-state index < -0.39 is 11.5 Å². The van der Waals surface area contributed by atoms with E-state index in [1.54, 1.807) is 38.1 Å². The van der Waals surface area contributed by atoms with E-state index >= 15 is 0 Å². The molecule has 148 valence electrons. The summed E-state index contributed by atoms with van der Waals surface area (Å²) in [5.74, 6) is -1.11. The Kier molecular flexibility index (Phi) is 5.52. The van der Waals surface area contributed by atoms with E-state index in [9.17, 15) is 19.5 Å². The number of aliphatic hydroxyl groups is 1. The second-order valence-corrected chi connectivity index (χ2v) is 7.75. The van der Waals surface area contributed by atoms with E-state index in [0.717, 1.165) is 10.3 Å². The number of nitrogens with zero attached hydrogens (tertiary/aromatic N) is 1. The van der Waals surface area contributed by atoms with Crippen molar-refractivity contribution in [1.82, 2.24) is 4.90 Å². The van der Waals surface area contributed by atoms with Crippen molar-refractivity contribution in [2.24, 2.45) is 5.41 Å². The van der Waals surface area contributed by atoms with Crippen molar-refractivity contribution in [3.05, 3.63) is 47.5 Å². The lowest BCUT2D eigenvalue weighted by molar-refractivity contribution is -0.157. The topological polar surface area (TPSA) is 83.9 Å². The van der Waals surface area contributed by atoms with Crippen LogP contribution >= 0.6 is 0 Å². The van der Waals surface area contributed by atoms with Gasteiger partial charge in [-0.2, -0.15) is 0 Å². The van der Waals surface area contributed by atoms with Gasteiger partial charge in [0, 0.05) is 23.1 Å². The summed E-state index contributed by atoms with van der Waals surface area (Å²) in [6.45, 7) is 5.35. The summed E-state index contributed by atoms with van der Waals surface area (Å²) in [6.07, 6.45) is -0.191. The van der Waals surface area contributed by atoms with Gasteiger partial charge in [-0.3, -0.25) is 19.3 Å². The van der Waals surface area contributed by atoms with Gasteiger partial charge < -0.3 is 9.84 Å². The zero-order valence-electron chi connectivity index (χ0n) is 16.4. The number of hydrogen-bond acceptors (Lipinski definition) is 5. The smallest absolute Gasteiger partial charge is 0.311 e. The highest BCUT2D eigenvalue weighted by molar-refractivity contribution is 6.25. The highest BCUT2D eigenvalue weighted by Gasteiger charge is 2.33. The molecule has 2 amide bonds. The molecule has 0 fully saturated rings. The molecule has 2 aromatic carbocycles. The van der Waals surface area contributed by atoms with E-state index in [4.69, 9.17) is 4.74 Å². The molecule has 3 rings (SSSR count). The second-order valence-electron chi connectivity index (χ2n) is 7.75. The molecule has 0 aromatic heterocycles. The number of hydrogen-bond donors (Lipinski definition) is 1. The Balaban J connectivity index is 1.67. The van der Waals surface area contributed by atoms with Crippen LogP contribution in [0.25, 0.3) is 10.8 Å². The zero-order valence-corrected chi connectivity index (χ0v) is 16.4. The highest BCUT2D eigenvalue weighted by Crippen LogP contribution is 2.30. The molecular weight excluding hydrogens is 358 g/mol. The molecule has 28 heavy (non-hydrogen) atoms. The first-order valence-electron chi connectivity index (χ1n) is 9.49. The van der Waals surface area contributed by atoms with Crippen molar-refractivity contribution >= 4 is 28.6 Å². The van der Waals surface area contributed by atoms with Crippen molar-refractivity contribution in [3.63, 3.8) is 0 Å². The van der Waals surface area contributed by atoms with E-state index in [1.165, 1.54) is 0 Å². The minimum absolute atomic E-state index is 0.0538. The molecule has 1 aliphatic heterocycles. The molecule has 0 spiro atoms. The number of amides is 2. The number of carbonyl (C=O) groups excluding carboxylic acids is 3. The molecule has 6 heteroatoms. The first kappa shape index (κ1) is 20.0. The van der Waals surface area contributed by atoms with Crippen LogP contribution in [0.5, 0.6) is 0 Å². The van der Waals surface area contributed by atoms with E-state index in [-0.39, 0.29) is 37.4 Å². The predicted octanol–water partition coefficient (Wildman–Crippen LogP) is 3.17. The van der Waals surface area contributed by atoms with E-state index in [2.05, 4.69) is 0 Å². The average molecular weight is 383 g/mol. The number of imide groups is 1. The first-order valence-corrected chi connectivity index (χ1v) is 9.49. The third-order valence-electron chi connectivity index (χ3n) is 5.39. The summed E-state index contributed by atoms with van der Waals surface area (Å²) < 4.78 is 5.18. The molecule has 6 nitrogen and oxygen atoms in total. The Morgan fingerprint density at radius 1 is 1.11 bits per heavy atom. The van der Waals surface area contributed by atoms with Gasteiger partial charge in [0.25, 0.3) is 11.8 Å². The Morgan fingerprint density at radius 3 is 2.21 bits per heavy atom. The van der Waals surface area contributed by atoms with Gasteiger partial charge in [-0.15, -0.1) is 0 Å². The van der Waals surface area contributed by atoms with Crippen LogP contribution in [0.1, 0.15) is 54.3 Å². The summed E-state index contributed by atoms with van der Waals surface area (Å²) in [5, 5.41) is 11.7. The van der Waals surface area contributed by atoms with E-state index in [0.29, 0.717) is 22.9 Å². The molecule has 1 aliphatic rings. The number of rotatable bonds is 7. The van der Waals surface area contributed by atoms with Gasteiger partial charge in [-0.05, 0) is 44.2 Å². The highest BCUT2D eigenvalue weighted by atomic mass is 16.5. The third kappa shape index (κ3) is 3.64. The SMILES string of the molecule is CCC(C)(C)C(=O)OCC(O)CCN1C(=O)c2cccc3cccc(c23)C1=O. The Labute approximate surface area is 164 Å². The number of ether oxygens (including phenoxy) is 1.